The summed E-state index contributed by atoms with van der Waals surface area (Å²) in [7, 11) is -4.09. The van der Waals surface area contributed by atoms with Crippen LogP contribution in [-0.4, -0.2) is 60.0 Å². The summed E-state index contributed by atoms with van der Waals surface area (Å²) in [5.41, 5.74) is 0. The van der Waals surface area contributed by atoms with Crippen LogP contribution in [0.15, 0.2) is 12.3 Å². The molecule has 4 atom stereocenters. The Kier molecular flexibility index (Phi) is 7.05. The van der Waals surface area contributed by atoms with E-state index in [2.05, 4.69) is 24.8 Å². The number of aliphatic hydroxyl groups excluding tert-OH is 2. The monoisotopic (exact) mass is 415 g/mol. The first-order chi connectivity index (χ1) is 13.3. The smallest absolute Gasteiger partial charge is 0.333 e. The topological polar surface area (TPSA) is 160 Å². The maximum atomic E-state index is 10.9. The number of hydrogen-bond donors (Lipinski definition) is 5. The molecule has 1 heterocycles. The van der Waals surface area contributed by atoms with Gasteiger partial charge in [0.1, 0.15) is 11.9 Å². The van der Waals surface area contributed by atoms with Crippen molar-refractivity contribution in [3.8, 4) is 0 Å². The Morgan fingerprint density at radius 2 is 1.96 bits per heavy atom. The van der Waals surface area contributed by atoms with Gasteiger partial charge in [0, 0.05) is 18.7 Å². The predicted molar refractivity (Wildman–Crippen MR) is 104 cm³/mol. The number of nitrogens with zero attached hydrogens (tertiary/aromatic N) is 2. The summed E-state index contributed by atoms with van der Waals surface area (Å²) >= 11 is 0. The molecule has 0 amide bonds. The van der Waals surface area contributed by atoms with Gasteiger partial charge in [0.2, 0.25) is 5.95 Å². The number of aliphatic hydroxyl groups is 2. The lowest BCUT2D eigenvalue weighted by Gasteiger charge is -2.22. The summed E-state index contributed by atoms with van der Waals surface area (Å²) in [6.45, 7) is 0.550. The molecular formula is C17H29N5O5S. The molecule has 2 fully saturated rings. The van der Waals surface area contributed by atoms with E-state index in [1.165, 1.54) is 32.1 Å². The predicted octanol–water partition coefficient (Wildman–Crippen LogP) is 0.211. The Morgan fingerprint density at radius 3 is 2.68 bits per heavy atom. The van der Waals surface area contributed by atoms with E-state index in [0.29, 0.717) is 24.1 Å². The number of aromatic nitrogens is 2. The summed E-state index contributed by atoms with van der Waals surface area (Å²) in [4.78, 5) is 8.65. The molecule has 10 nitrogen and oxygen atoms in total. The first-order valence-corrected chi connectivity index (χ1v) is 11.2. The van der Waals surface area contributed by atoms with E-state index in [1.807, 2.05) is 0 Å². The van der Waals surface area contributed by atoms with Gasteiger partial charge in [0.05, 0.1) is 18.8 Å². The maximum absolute atomic E-state index is 10.9. The van der Waals surface area contributed by atoms with E-state index in [-0.39, 0.29) is 6.61 Å². The molecule has 6 N–H and O–H groups in total. The highest BCUT2D eigenvalue weighted by Gasteiger charge is 2.42. The van der Waals surface area contributed by atoms with Gasteiger partial charge in [0.15, 0.2) is 0 Å². The molecular weight excluding hydrogens is 386 g/mol. The molecule has 0 aromatic carbocycles. The van der Waals surface area contributed by atoms with E-state index in [4.69, 9.17) is 5.14 Å². The van der Waals surface area contributed by atoms with Crippen molar-refractivity contribution in [3.63, 3.8) is 0 Å². The van der Waals surface area contributed by atoms with E-state index < -0.39 is 34.5 Å². The van der Waals surface area contributed by atoms with Crippen LogP contribution in [0, 0.1) is 11.8 Å². The Bertz CT molecular complexity index is 743. The number of anilines is 2. The van der Waals surface area contributed by atoms with Gasteiger partial charge in [-0.3, -0.25) is 4.18 Å². The Balaban J connectivity index is 1.54. The van der Waals surface area contributed by atoms with Gasteiger partial charge < -0.3 is 20.8 Å². The summed E-state index contributed by atoms with van der Waals surface area (Å²) in [5.74, 6) is 1.11. The fourth-order valence-corrected chi connectivity index (χ4v) is 4.32. The second kappa shape index (κ2) is 9.31. The molecule has 3 rings (SSSR count). The molecule has 28 heavy (non-hydrogen) atoms. The van der Waals surface area contributed by atoms with Crippen LogP contribution in [0.3, 0.4) is 0 Å². The van der Waals surface area contributed by atoms with Gasteiger partial charge >= 0.3 is 10.3 Å². The van der Waals surface area contributed by atoms with Crippen LogP contribution in [0.25, 0.3) is 0 Å². The van der Waals surface area contributed by atoms with Crippen LogP contribution in [0.1, 0.15) is 38.5 Å². The third kappa shape index (κ3) is 5.98. The van der Waals surface area contributed by atoms with Crippen LogP contribution < -0.4 is 15.8 Å². The minimum atomic E-state index is -4.09. The van der Waals surface area contributed by atoms with E-state index >= 15 is 0 Å². The van der Waals surface area contributed by atoms with Gasteiger partial charge in [-0.05, 0) is 31.2 Å². The van der Waals surface area contributed by atoms with Crippen LogP contribution in [0.2, 0.25) is 0 Å². The Hall–Kier alpha value is -1.53. The average molecular weight is 416 g/mol. The largest absolute Gasteiger partial charge is 0.390 e. The molecule has 1 aromatic heterocycles. The van der Waals surface area contributed by atoms with Crippen LogP contribution in [0.5, 0.6) is 0 Å². The molecule has 2 aliphatic carbocycles. The minimum absolute atomic E-state index is 0.285. The molecule has 158 valence electrons. The number of nitrogens with one attached hydrogen (secondary N) is 2. The van der Waals surface area contributed by atoms with Crippen molar-refractivity contribution in [2.24, 2.45) is 17.0 Å². The zero-order chi connectivity index (χ0) is 20.1. The number of rotatable bonds is 8. The van der Waals surface area contributed by atoms with Gasteiger partial charge in [-0.25, -0.2) is 10.1 Å². The molecule has 2 aliphatic rings. The normalized spacial score (nSPS) is 29.0. The second-order valence-electron chi connectivity index (χ2n) is 7.66. The summed E-state index contributed by atoms with van der Waals surface area (Å²) in [6.07, 6.45) is 6.03. The van der Waals surface area contributed by atoms with Crippen LogP contribution in [0.4, 0.5) is 11.8 Å². The molecule has 1 aromatic rings. The minimum Gasteiger partial charge on any atom is -0.390 e. The third-order valence-corrected chi connectivity index (χ3v) is 5.98. The Morgan fingerprint density at radius 1 is 1.21 bits per heavy atom. The Labute approximate surface area is 165 Å². The lowest BCUT2D eigenvalue weighted by molar-refractivity contribution is 0.00778. The first-order valence-electron chi connectivity index (χ1n) is 9.68. The standard InChI is InChI=1S/C17H29N5O5S/c18-28(25,26)27-10-12-8-13(16(24)15(12)23)21-14-6-7-19-17(22-14)20-9-11-4-2-1-3-5-11/h6-7,11-13,15-16,23-24H,1-5,8-10H2,(H2,18,25,26)(H2,19,20,21,22)/t12-,13?,15-,16+/m1/s1. The molecule has 0 bridgehead atoms. The number of nitrogens with two attached hydrogens (primary N) is 1. The van der Waals surface area contributed by atoms with Crippen LogP contribution in [-0.2, 0) is 14.5 Å². The van der Waals surface area contributed by atoms with Crippen molar-refractivity contribution < 1.29 is 22.8 Å². The van der Waals surface area contributed by atoms with Crippen molar-refractivity contribution in [1.82, 2.24) is 9.97 Å². The van der Waals surface area contributed by atoms with Crippen molar-refractivity contribution in [2.45, 2.75) is 56.8 Å². The summed E-state index contributed by atoms with van der Waals surface area (Å²) in [5, 5.41) is 31.6. The highest BCUT2D eigenvalue weighted by atomic mass is 32.2. The second-order valence-corrected chi connectivity index (χ2v) is 8.88. The fraction of sp³-hybridized carbons (Fsp3) is 0.765. The average Bonchev–Trinajstić information content (AvgIpc) is 2.93. The zero-order valence-electron chi connectivity index (χ0n) is 15.7. The van der Waals surface area contributed by atoms with Crippen molar-refractivity contribution in [1.29, 1.82) is 0 Å². The molecule has 0 saturated heterocycles. The van der Waals surface area contributed by atoms with E-state index in [9.17, 15) is 18.6 Å². The summed E-state index contributed by atoms with van der Waals surface area (Å²) < 4.78 is 26.4. The first kappa shape index (κ1) is 21.2. The lowest BCUT2D eigenvalue weighted by atomic mass is 9.89. The van der Waals surface area contributed by atoms with Gasteiger partial charge in [-0.2, -0.15) is 13.4 Å². The molecule has 0 aliphatic heterocycles. The summed E-state index contributed by atoms with van der Waals surface area (Å²) in [6, 6.07) is 1.18. The zero-order valence-corrected chi connectivity index (χ0v) is 16.5. The highest BCUT2D eigenvalue weighted by Crippen LogP contribution is 2.29. The van der Waals surface area contributed by atoms with Gasteiger partial charge in [-0.15, -0.1) is 0 Å². The van der Waals surface area contributed by atoms with E-state index in [0.717, 1.165) is 6.54 Å². The van der Waals surface area contributed by atoms with E-state index in [1.54, 1.807) is 12.3 Å². The van der Waals surface area contributed by atoms with Crippen molar-refractivity contribution in [3.05, 3.63) is 12.3 Å². The van der Waals surface area contributed by atoms with Crippen molar-refractivity contribution >= 4 is 22.1 Å². The van der Waals surface area contributed by atoms with Gasteiger partial charge in [-0.1, -0.05) is 19.3 Å². The van der Waals surface area contributed by atoms with Crippen molar-refractivity contribution in [2.75, 3.05) is 23.8 Å². The van der Waals surface area contributed by atoms with Gasteiger partial charge in [0.25, 0.3) is 0 Å². The molecule has 0 radical (unpaired) electrons. The molecule has 0 spiro atoms. The van der Waals surface area contributed by atoms with Crippen LogP contribution >= 0.6 is 0 Å². The third-order valence-electron chi connectivity index (χ3n) is 5.51. The highest BCUT2D eigenvalue weighted by molar-refractivity contribution is 7.84. The maximum Gasteiger partial charge on any atom is 0.333 e. The SMILES string of the molecule is NS(=O)(=O)OC[C@H]1CC(Nc2ccnc(NCC3CCCCC3)n2)[C@H](O)[C@@H]1O. The quantitative estimate of drug-likeness (QED) is 0.400. The molecule has 11 heteroatoms. The number of hydrogen-bond acceptors (Lipinski definition) is 9. The molecule has 2 saturated carbocycles. The lowest BCUT2D eigenvalue weighted by Crippen LogP contribution is -2.36. The fourth-order valence-electron chi connectivity index (χ4n) is 3.96. The molecule has 1 unspecified atom stereocenters.